The molecule has 1 aliphatic heterocycles. The number of fused-ring (bicyclic) bond motifs is 1. The number of aromatic nitrogens is 2. The van der Waals surface area contributed by atoms with Crippen molar-refractivity contribution in [3.8, 4) is 0 Å². The molecule has 0 spiro atoms. The van der Waals surface area contributed by atoms with Crippen LogP contribution < -0.4 is 10.6 Å². The molecule has 1 aliphatic rings. The van der Waals surface area contributed by atoms with Gasteiger partial charge in [0, 0.05) is 38.3 Å². The van der Waals surface area contributed by atoms with Crippen molar-refractivity contribution in [3.05, 3.63) is 17.5 Å². The Labute approximate surface area is 71.4 Å². The van der Waals surface area contributed by atoms with Gasteiger partial charge in [0.25, 0.3) is 0 Å². The Bertz CT molecular complexity index is 284. The Kier molecular flexibility index (Phi) is 1.91. The molecule has 2 N–H and O–H groups in total. The molecule has 0 bridgehead atoms. The van der Waals surface area contributed by atoms with E-state index in [2.05, 4.69) is 20.6 Å². The predicted octanol–water partition coefficient (Wildman–Crippen LogP) is 0.164. The molecule has 0 aromatic carbocycles. The fourth-order valence-corrected chi connectivity index (χ4v) is 1.36. The van der Waals surface area contributed by atoms with Crippen LogP contribution >= 0.6 is 0 Å². The van der Waals surface area contributed by atoms with Crippen molar-refractivity contribution in [3.63, 3.8) is 0 Å². The van der Waals surface area contributed by atoms with Gasteiger partial charge < -0.3 is 10.6 Å². The van der Waals surface area contributed by atoms with Gasteiger partial charge in [-0.15, -0.1) is 0 Å². The van der Waals surface area contributed by atoms with Crippen molar-refractivity contribution in [1.82, 2.24) is 15.3 Å². The van der Waals surface area contributed by atoms with Crippen LogP contribution in [0.25, 0.3) is 0 Å². The highest BCUT2D eigenvalue weighted by Gasteiger charge is 2.10. The van der Waals surface area contributed by atoms with Crippen LogP contribution in [0.15, 0.2) is 6.20 Å². The van der Waals surface area contributed by atoms with E-state index in [-0.39, 0.29) is 0 Å². The van der Waals surface area contributed by atoms with E-state index in [0.717, 1.165) is 25.5 Å². The lowest BCUT2D eigenvalue weighted by Crippen LogP contribution is -2.25. The van der Waals surface area contributed by atoms with E-state index in [1.54, 1.807) is 0 Å². The zero-order chi connectivity index (χ0) is 8.39. The van der Waals surface area contributed by atoms with E-state index >= 15 is 0 Å². The summed E-state index contributed by atoms with van der Waals surface area (Å²) in [6.07, 6.45) is 2.90. The maximum atomic E-state index is 4.37. The first-order valence-electron chi connectivity index (χ1n) is 4.13. The Hall–Kier alpha value is -1.16. The molecule has 2 rings (SSSR count). The highest BCUT2D eigenvalue weighted by atomic mass is 15.1. The minimum Gasteiger partial charge on any atom is -0.357 e. The molecule has 4 nitrogen and oxygen atoms in total. The van der Waals surface area contributed by atoms with E-state index in [9.17, 15) is 0 Å². The first kappa shape index (κ1) is 7.49. The third-order valence-corrected chi connectivity index (χ3v) is 2.03. The van der Waals surface area contributed by atoms with Gasteiger partial charge in [-0.1, -0.05) is 0 Å². The summed E-state index contributed by atoms with van der Waals surface area (Å²) in [6.45, 7) is 1.92. The molecule has 64 valence electrons. The van der Waals surface area contributed by atoms with Crippen LogP contribution in [0.3, 0.4) is 0 Å². The summed E-state index contributed by atoms with van der Waals surface area (Å²) in [5.41, 5.74) is 2.40. The van der Waals surface area contributed by atoms with E-state index in [0.29, 0.717) is 0 Å². The zero-order valence-corrected chi connectivity index (χ0v) is 7.09. The zero-order valence-electron chi connectivity index (χ0n) is 7.09. The number of hydrogen-bond acceptors (Lipinski definition) is 4. The second kappa shape index (κ2) is 3.06. The smallest absolute Gasteiger partial charge is 0.222 e. The molecule has 0 saturated carbocycles. The summed E-state index contributed by atoms with van der Waals surface area (Å²) in [6, 6.07) is 0. The monoisotopic (exact) mass is 164 g/mol. The van der Waals surface area contributed by atoms with Crippen LogP contribution in [0.1, 0.15) is 11.3 Å². The van der Waals surface area contributed by atoms with Crippen LogP contribution in [-0.2, 0) is 13.0 Å². The number of anilines is 1. The molecule has 0 saturated heterocycles. The van der Waals surface area contributed by atoms with E-state index < -0.39 is 0 Å². The fraction of sp³-hybridized carbons (Fsp3) is 0.500. The second-order valence-corrected chi connectivity index (χ2v) is 2.84. The summed E-state index contributed by atoms with van der Waals surface area (Å²) in [5, 5.41) is 6.21. The Morgan fingerprint density at radius 1 is 1.58 bits per heavy atom. The molecule has 0 atom stereocenters. The maximum absolute atomic E-state index is 4.37. The third-order valence-electron chi connectivity index (χ3n) is 2.03. The van der Waals surface area contributed by atoms with Gasteiger partial charge >= 0.3 is 0 Å². The minimum atomic E-state index is 0.718. The van der Waals surface area contributed by atoms with Crippen molar-refractivity contribution in [2.75, 3.05) is 18.9 Å². The highest BCUT2D eigenvalue weighted by Crippen LogP contribution is 2.11. The summed E-state index contributed by atoms with van der Waals surface area (Å²) in [7, 11) is 1.84. The lowest BCUT2D eigenvalue weighted by atomic mass is 10.1. The van der Waals surface area contributed by atoms with E-state index in [1.165, 1.54) is 11.3 Å². The van der Waals surface area contributed by atoms with Crippen LogP contribution in [0.4, 0.5) is 5.95 Å². The number of nitrogens with zero attached hydrogens (tertiary/aromatic N) is 2. The predicted molar refractivity (Wildman–Crippen MR) is 47.0 cm³/mol. The van der Waals surface area contributed by atoms with Crippen LogP contribution in [-0.4, -0.2) is 23.6 Å². The van der Waals surface area contributed by atoms with Gasteiger partial charge in [0.1, 0.15) is 0 Å². The van der Waals surface area contributed by atoms with Gasteiger partial charge in [-0.05, 0) is 0 Å². The first-order chi connectivity index (χ1) is 5.90. The minimum absolute atomic E-state index is 0.718. The van der Waals surface area contributed by atoms with Gasteiger partial charge in [-0.2, -0.15) is 0 Å². The molecule has 1 aromatic rings. The normalized spacial score (nSPS) is 15.4. The van der Waals surface area contributed by atoms with Crippen molar-refractivity contribution >= 4 is 5.95 Å². The Balaban J connectivity index is 2.36. The average molecular weight is 164 g/mol. The van der Waals surface area contributed by atoms with Gasteiger partial charge in [-0.3, -0.25) is 0 Å². The average Bonchev–Trinajstić information content (AvgIpc) is 2.17. The summed E-state index contributed by atoms with van der Waals surface area (Å²) in [4.78, 5) is 8.52. The molecule has 0 unspecified atom stereocenters. The number of hydrogen-bond donors (Lipinski definition) is 2. The van der Waals surface area contributed by atoms with Crippen LogP contribution in [0, 0.1) is 0 Å². The Morgan fingerprint density at radius 2 is 2.50 bits per heavy atom. The summed E-state index contributed by atoms with van der Waals surface area (Å²) in [5.74, 6) is 0.718. The quantitative estimate of drug-likeness (QED) is 0.621. The highest BCUT2D eigenvalue weighted by molar-refractivity contribution is 5.29. The van der Waals surface area contributed by atoms with Crippen molar-refractivity contribution in [2.24, 2.45) is 0 Å². The lowest BCUT2D eigenvalue weighted by molar-refractivity contribution is 0.626. The first-order valence-corrected chi connectivity index (χ1v) is 4.13. The van der Waals surface area contributed by atoms with Gasteiger partial charge in [-0.25, -0.2) is 9.97 Å². The SMILES string of the molecule is CNc1ncc2c(n1)CCNC2. The van der Waals surface area contributed by atoms with Crippen molar-refractivity contribution in [2.45, 2.75) is 13.0 Å². The molecule has 1 aromatic heterocycles. The molecule has 0 aliphatic carbocycles. The van der Waals surface area contributed by atoms with Crippen molar-refractivity contribution in [1.29, 1.82) is 0 Å². The topological polar surface area (TPSA) is 49.8 Å². The molecule has 0 radical (unpaired) electrons. The second-order valence-electron chi connectivity index (χ2n) is 2.84. The molecule has 12 heavy (non-hydrogen) atoms. The molecule has 2 heterocycles. The van der Waals surface area contributed by atoms with E-state index in [1.807, 2.05) is 13.2 Å². The molecular formula is C8H12N4. The molecule has 0 fully saturated rings. The maximum Gasteiger partial charge on any atom is 0.222 e. The standard InChI is InChI=1S/C8H12N4/c1-9-8-11-5-6-4-10-3-2-7(6)12-8/h5,10H,2-4H2,1H3,(H,9,11,12). The Morgan fingerprint density at radius 3 is 3.33 bits per heavy atom. The third kappa shape index (κ3) is 1.25. The number of rotatable bonds is 1. The molecular weight excluding hydrogens is 152 g/mol. The fourth-order valence-electron chi connectivity index (χ4n) is 1.36. The van der Waals surface area contributed by atoms with Crippen LogP contribution in [0.2, 0.25) is 0 Å². The van der Waals surface area contributed by atoms with E-state index in [4.69, 9.17) is 0 Å². The largest absolute Gasteiger partial charge is 0.357 e. The summed E-state index contributed by atoms with van der Waals surface area (Å²) < 4.78 is 0. The molecule has 0 amide bonds. The van der Waals surface area contributed by atoms with Crippen molar-refractivity contribution < 1.29 is 0 Å². The number of nitrogens with one attached hydrogen (secondary N) is 2. The van der Waals surface area contributed by atoms with Gasteiger partial charge in [0.15, 0.2) is 0 Å². The summed E-state index contributed by atoms with van der Waals surface area (Å²) >= 11 is 0. The van der Waals surface area contributed by atoms with Crippen LogP contribution in [0.5, 0.6) is 0 Å². The lowest BCUT2D eigenvalue weighted by Gasteiger charge is -2.15. The van der Waals surface area contributed by atoms with Gasteiger partial charge in [0.2, 0.25) is 5.95 Å². The molecule has 4 heteroatoms. The van der Waals surface area contributed by atoms with Gasteiger partial charge in [0.05, 0.1) is 5.69 Å².